The highest BCUT2D eigenvalue weighted by Crippen LogP contribution is 2.62. The molecule has 0 saturated carbocycles. The van der Waals surface area contributed by atoms with Crippen LogP contribution >= 0.6 is 6.04 Å². The number of methoxy groups -OCH3 is 1. The van der Waals surface area contributed by atoms with Gasteiger partial charge in [0.15, 0.2) is 0 Å². The molecule has 26 heavy (non-hydrogen) atoms. The van der Waals surface area contributed by atoms with Crippen molar-refractivity contribution in [2.45, 2.75) is 52.4 Å². The molecule has 138 valence electrons. The Kier molecular flexibility index (Phi) is 6.37. The average Bonchev–Trinajstić information content (AvgIpc) is 2.93. The van der Waals surface area contributed by atoms with Gasteiger partial charge in [0, 0.05) is 11.3 Å². The van der Waals surface area contributed by atoms with Gasteiger partial charge in [0.05, 0.1) is 7.11 Å². The van der Waals surface area contributed by atoms with Crippen LogP contribution in [-0.2, 0) is 11.8 Å². The normalized spacial score (nSPS) is 18.9. The molecule has 0 aromatic heterocycles. The molecule has 0 radical (unpaired) electrons. The number of benzene rings is 2. The molecule has 0 bridgehead atoms. The van der Waals surface area contributed by atoms with Crippen molar-refractivity contribution in [1.82, 2.24) is 0 Å². The lowest BCUT2D eigenvalue weighted by Gasteiger charge is -2.23. The van der Waals surface area contributed by atoms with E-state index in [1.807, 2.05) is 0 Å². The topological polar surface area (TPSA) is 9.23 Å². The maximum atomic E-state index is 6.56. The summed E-state index contributed by atoms with van der Waals surface area (Å²) in [6.07, 6.45) is 7.11. The van der Waals surface area contributed by atoms with Crippen LogP contribution in [0.1, 0.15) is 57.9 Å². The lowest BCUT2D eigenvalue weighted by atomic mass is 9.98. The first-order chi connectivity index (χ1) is 12.7. The second-order valence-electron chi connectivity index (χ2n) is 6.96. The van der Waals surface area contributed by atoms with Gasteiger partial charge in [-0.25, -0.2) is 0 Å². The summed E-state index contributed by atoms with van der Waals surface area (Å²) in [5, 5.41) is 4.22. The third-order valence-corrected chi connectivity index (χ3v) is 10.5. The van der Waals surface area contributed by atoms with E-state index in [1.165, 1.54) is 47.4 Å². The summed E-state index contributed by atoms with van der Waals surface area (Å²) in [6.45, 7) is 4.53. The molecule has 1 aliphatic heterocycles. The molecule has 0 fully saturated rings. The quantitative estimate of drug-likeness (QED) is 0.499. The van der Waals surface area contributed by atoms with E-state index in [1.54, 1.807) is 12.4 Å². The summed E-state index contributed by atoms with van der Waals surface area (Å²) in [5.74, 6) is 0.917. The van der Waals surface area contributed by atoms with Crippen LogP contribution in [0.3, 0.4) is 0 Å². The molecular weight excluding hydrogens is 355 g/mol. The van der Waals surface area contributed by atoms with E-state index in [-0.39, 0.29) is 0 Å². The summed E-state index contributed by atoms with van der Waals surface area (Å²) in [7, 11) is 1.74. The number of ether oxygens (including phenoxy) is 1. The van der Waals surface area contributed by atoms with Gasteiger partial charge >= 0.3 is 0 Å². The SMILES string of the molecule is CCCCC1=C(CCCC)P(=S)(c2ccccc2)c2cc(OC)ccc21. The van der Waals surface area contributed by atoms with Gasteiger partial charge in [0.25, 0.3) is 0 Å². The van der Waals surface area contributed by atoms with E-state index in [2.05, 4.69) is 62.4 Å². The van der Waals surface area contributed by atoms with Crippen molar-refractivity contribution < 1.29 is 4.74 Å². The van der Waals surface area contributed by atoms with Gasteiger partial charge in [-0.15, -0.1) is 0 Å². The molecule has 0 aliphatic carbocycles. The van der Waals surface area contributed by atoms with Crippen LogP contribution in [0.5, 0.6) is 5.75 Å². The lowest BCUT2D eigenvalue weighted by molar-refractivity contribution is 0.415. The minimum absolute atomic E-state index is 0.917. The van der Waals surface area contributed by atoms with Gasteiger partial charge in [-0.2, -0.15) is 0 Å². The first-order valence-corrected chi connectivity index (χ1v) is 12.5. The third kappa shape index (κ3) is 3.42. The zero-order valence-electron chi connectivity index (χ0n) is 16.1. The highest BCUT2D eigenvalue weighted by Gasteiger charge is 2.37. The molecule has 3 heteroatoms. The zero-order chi connectivity index (χ0) is 18.6. The Labute approximate surface area is 163 Å². The molecule has 3 rings (SSSR count). The average molecular weight is 385 g/mol. The fraction of sp³-hybridized carbons (Fsp3) is 0.391. The predicted molar refractivity (Wildman–Crippen MR) is 119 cm³/mol. The lowest BCUT2D eigenvalue weighted by Crippen LogP contribution is -2.16. The van der Waals surface area contributed by atoms with Gasteiger partial charge in [-0.3, -0.25) is 0 Å². The Hall–Kier alpha value is -1.37. The van der Waals surface area contributed by atoms with E-state index in [0.717, 1.165) is 18.6 Å². The number of rotatable bonds is 8. The maximum Gasteiger partial charge on any atom is 0.119 e. The van der Waals surface area contributed by atoms with E-state index in [0.29, 0.717) is 0 Å². The summed E-state index contributed by atoms with van der Waals surface area (Å²) < 4.78 is 5.55. The summed E-state index contributed by atoms with van der Waals surface area (Å²) in [6, 6.07) is 15.4. The van der Waals surface area contributed by atoms with Gasteiger partial charge in [0.2, 0.25) is 0 Å². The van der Waals surface area contributed by atoms with Gasteiger partial charge in [-0.05, 0) is 59.6 Å². The number of hydrogen-bond acceptors (Lipinski definition) is 2. The largest absolute Gasteiger partial charge is 0.497 e. The van der Waals surface area contributed by atoms with Crippen LogP contribution in [0.15, 0.2) is 53.8 Å². The Balaban J connectivity index is 2.24. The Morgan fingerprint density at radius 3 is 2.27 bits per heavy atom. The fourth-order valence-electron chi connectivity index (χ4n) is 3.86. The zero-order valence-corrected chi connectivity index (χ0v) is 17.8. The second-order valence-corrected chi connectivity index (χ2v) is 11.4. The molecule has 2 aromatic carbocycles. The molecule has 0 saturated heterocycles. The third-order valence-electron chi connectivity index (χ3n) is 5.26. The van der Waals surface area contributed by atoms with Crippen molar-refractivity contribution in [3.8, 4) is 5.75 Å². The molecule has 1 nitrogen and oxygen atoms in total. The van der Waals surface area contributed by atoms with Crippen molar-refractivity contribution in [3.63, 3.8) is 0 Å². The van der Waals surface area contributed by atoms with E-state index < -0.39 is 6.04 Å². The molecule has 2 aromatic rings. The number of allylic oxidation sites excluding steroid dienone is 2. The van der Waals surface area contributed by atoms with Crippen molar-refractivity contribution in [3.05, 3.63) is 59.4 Å². The molecule has 0 spiro atoms. The van der Waals surface area contributed by atoms with Crippen molar-refractivity contribution in [2.75, 3.05) is 7.11 Å². The van der Waals surface area contributed by atoms with Gasteiger partial charge < -0.3 is 4.74 Å². The fourth-order valence-corrected chi connectivity index (χ4v) is 8.70. The van der Waals surface area contributed by atoms with E-state index >= 15 is 0 Å². The van der Waals surface area contributed by atoms with E-state index in [4.69, 9.17) is 16.5 Å². The Morgan fingerprint density at radius 2 is 1.62 bits per heavy atom. The number of unbranched alkanes of at least 4 members (excludes halogenated alkanes) is 2. The van der Waals surface area contributed by atoms with Crippen LogP contribution in [0, 0.1) is 0 Å². The van der Waals surface area contributed by atoms with Gasteiger partial charge in [-0.1, -0.05) is 74.9 Å². The molecule has 1 atom stereocenters. The monoisotopic (exact) mass is 384 g/mol. The highest BCUT2D eigenvalue weighted by atomic mass is 32.4. The predicted octanol–water partition coefficient (Wildman–Crippen LogP) is 6.23. The molecule has 0 amide bonds. The maximum absolute atomic E-state index is 6.56. The minimum atomic E-state index is -1.96. The first kappa shape index (κ1) is 19.4. The van der Waals surface area contributed by atoms with Crippen LogP contribution in [0.2, 0.25) is 0 Å². The van der Waals surface area contributed by atoms with Crippen molar-refractivity contribution >= 4 is 34.0 Å². The molecule has 1 aliphatic rings. The minimum Gasteiger partial charge on any atom is -0.497 e. The Bertz CT molecular complexity index is 839. The van der Waals surface area contributed by atoms with E-state index in [9.17, 15) is 0 Å². The molecule has 0 N–H and O–H groups in total. The van der Waals surface area contributed by atoms with Crippen LogP contribution in [0.4, 0.5) is 0 Å². The van der Waals surface area contributed by atoms with Crippen LogP contribution < -0.4 is 15.3 Å². The van der Waals surface area contributed by atoms with Crippen molar-refractivity contribution in [1.29, 1.82) is 0 Å². The first-order valence-electron chi connectivity index (χ1n) is 9.74. The summed E-state index contributed by atoms with van der Waals surface area (Å²) in [5.41, 5.74) is 2.92. The standard InChI is InChI=1S/C23H29OPS/c1-4-6-13-20-21-16-15-18(24-3)17-23(21)25(26,22(20)14-7-5-2)19-11-9-8-10-12-19/h8-12,15-17H,4-7,13-14H2,1-3H3. The number of hydrogen-bond donors (Lipinski definition) is 0. The molecular formula is C23H29OPS. The van der Waals surface area contributed by atoms with Crippen LogP contribution in [-0.4, -0.2) is 7.11 Å². The second kappa shape index (κ2) is 8.55. The Morgan fingerprint density at radius 1 is 0.923 bits per heavy atom. The number of fused-ring (bicyclic) bond motifs is 1. The van der Waals surface area contributed by atoms with Gasteiger partial charge in [0.1, 0.15) is 5.75 Å². The van der Waals surface area contributed by atoms with Crippen molar-refractivity contribution in [2.24, 2.45) is 0 Å². The summed E-state index contributed by atoms with van der Waals surface area (Å²) in [4.78, 5) is 0. The van der Waals surface area contributed by atoms with Crippen LogP contribution in [0.25, 0.3) is 5.57 Å². The summed E-state index contributed by atoms with van der Waals surface area (Å²) >= 11 is 6.56. The molecule has 1 unspecified atom stereocenters. The highest BCUT2D eigenvalue weighted by molar-refractivity contribution is 8.24. The smallest absolute Gasteiger partial charge is 0.119 e. The molecule has 1 heterocycles.